The van der Waals surface area contributed by atoms with Crippen LogP contribution in [-0.4, -0.2) is 25.5 Å². The average Bonchev–Trinajstić information content (AvgIpc) is 1.82. The molecule has 0 spiro atoms. The van der Waals surface area contributed by atoms with Crippen molar-refractivity contribution in [3.8, 4) is 0 Å². The van der Waals surface area contributed by atoms with E-state index < -0.39 is 0 Å². The summed E-state index contributed by atoms with van der Waals surface area (Å²) in [6, 6.07) is 0. The van der Waals surface area contributed by atoms with Crippen LogP contribution in [0.1, 0.15) is 13.3 Å². The van der Waals surface area contributed by atoms with Gasteiger partial charge in [-0.05, 0) is 26.1 Å². The van der Waals surface area contributed by atoms with Crippen LogP contribution in [0.3, 0.4) is 0 Å². The number of likely N-dealkylation sites (N-methyl/N-ethyl adjacent to an activating group) is 1. The molecule has 0 radical (unpaired) electrons. The fourth-order valence-corrected chi connectivity index (χ4v) is 0.630. The Morgan fingerprint density at radius 2 is 2.11 bits per heavy atom. The third-order valence-electron chi connectivity index (χ3n) is 1.13. The maximum atomic E-state index is 11.8. The first-order valence-electron chi connectivity index (χ1n) is 3.13. The molecule has 0 aliphatic rings. The van der Waals surface area contributed by atoms with Crippen LogP contribution in [0.15, 0.2) is 11.9 Å². The Morgan fingerprint density at radius 3 is 2.22 bits per heavy atom. The molecule has 0 saturated heterocycles. The van der Waals surface area contributed by atoms with Gasteiger partial charge in [0.15, 0.2) is 0 Å². The summed E-state index contributed by atoms with van der Waals surface area (Å²) in [5.74, 6) is 0. The van der Waals surface area contributed by atoms with E-state index in [1.165, 1.54) is 0 Å². The fraction of sp³-hybridized carbons (Fsp3) is 0.714. The van der Waals surface area contributed by atoms with Crippen molar-refractivity contribution in [2.45, 2.75) is 13.3 Å². The second-order valence-electron chi connectivity index (χ2n) is 2.36. The van der Waals surface area contributed by atoms with Crippen molar-refractivity contribution in [2.75, 3.05) is 20.6 Å². The monoisotopic (exact) mass is 131 g/mol. The Bertz CT molecular complexity index is 97.1. The molecule has 9 heavy (non-hydrogen) atoms. The summed E-state index contributed by atoms with van der Waals surface area (Å²) >= 11 is 0. The van der Waals surface area contributed by atoms with Gasteiger partial charge in [-0.25, -0.2) is 4.39 Å². The van der Waals surface area contributed by atoms with E-state index in [1.54, 1.807) is 0 Å². The summed E-state index contributed by atoms with van der Waals surface area (Å²) in [7, 11) is 3.86. The highest BCUT2D eigenvalue weighted by Gasteiger charge is 1.94. The molecule has 0 bridgehead atoms. The summed E-state index contributed by atoms with van der Waals surface area (Å²) in [6.07, 6.45) is 1.49. The first-order chi connectivity index (χ1) is 4.20. The summed E-state index contributed by atoms with van der Waals surface area (Å²) < 4.78 is 11.8. The third-order valence-corrected chi connectivity index (χ3v) is 1.13. The summed E-state index contributed by atoms with van der Waals surface area (Å²) in [4.78, 5) is 1.95. The van der Waals surface area contributed by atoms with Gasteiger partial charge in [0.1, 0.15) is 0 Å². The molecule has 0 heterocycles. The van der Waals surface area contributed by atoms with Crippen molar-refractivity contribution in [3.63, 3.8) is 0 Å². The van der Waals surface area contributed by atoms with Gasteiger partial charge in [0.25, 0.3) is 0 Å². The quantitative estimate of drug-likeness (QED) is 0.564. The molecule has 0 N–H and O–H groups in total. The van der Waals surface area contributed by atoms with Gasteiger partial charge in [-0.2, -0.15) is 0 Å². The minimum Gasteiger partial charge on any atom is -0.305 e. The van der Waals surface area contributed by atoms with Gasteiger partial charge >= 0.3 is 0 Å². The van der Waals surface area contributed by atoms with Gasteiger partial charge in [0.2, 0.25) is 0 Å². The second kappa shape index (κ2) is 4.50. The lowest BCUT2D eigenvalue weighted by molar-refractivity contribution is 0.436. The Morgan fingerprint density at radius 1 is 1.56 bits per heavy atom. The number of hydrogen-bond donors (Lipinski definition) is 0. The number of hydrogen-bond acceptors (Lipinski definition) is 1. The van der Waals surface area contributed by atoms with Crippen molar-refractivity contribution in [1.29, 1.82) is 0 Å². The first-order valence-corrected chi connectivity index (χ1v) is 3.13. The van der Waals surface area contributed by atoms with Crippen molar-refractivity contribution in [3.05, 3.63) is 11.9 Å². The van der Waals surface area contributed by atoms with E-state index in [1.807, 2.05) is 25.9 Å². The van der Waals surface area contributed by atoms with Crippen molar-refractivity contribution >= 4 is 0 Å². The average molecular weight is 131 g/mol. The highest BCUT2D eigenvalue weighted by atomic mass is 19.1. The molecule has 0 atom stereocenters. The maximum absolute atomic E-state index is 11.8. The maximum Gasteiger partial charge on any atom is 0.0871 e. The summed E-state index contributed by atoms with van der Waals surface area (Å²) in [5.41, 5.74) is 0.847. The van der Waals surface area contributed by atoms with Gasteiger partial charge in [0.05, 0.1) is 6.33 Å². The van der Waals surface area contributed by atoms with E-state index in [0.717, 1.165) is 18.5 Å². The Labute approximate surface area is 56.2 Å². The molecule has 0 aliphatic carbocycles. The van der Waals surface area contributed by atoms with Crippen LogP contribution in [0.25, 0.3) is 0 Å². The van der Waals surface area contributed by atoms with Crippen LogP contribution >= 0.6 is 0 Å². The molecule has 0 aromatic heterocycles. The molecule has 54 valence electrons. The molecule has 0 fully saturated rings. The van der Waals surface area contributed by atoms with E-state index in [9.17, 15) is 4.39 Å². The Balaban J connectivity index is 3.58. The minimum atomic E-state index is 0.694. The van der Waals surface area contributed by atoms with Gasteiger partial charge in [-0.15, -0.1) is 0 Å². The molecule has 0 aromatic rings. The topological polar surface area (TPSA) is 3.24 Å². The van der Waals surface area contributed by atoms with E-state index in [2.05, 4.69) is 0 Å². The van der Waals surface area contributed by atoms with Crippen LogP contribution in [-0.2, 0) is 0 Å². The predicted octanol–water partition coefficient (Wildman–Crippen LogP) is 1.81. The Kier molecular flexibility index (Phi) is 4.32. The zero-order valence-corrected chi connectivity index (χ0v) is 6.32. The highest BCUT2D eigenvalue weighted by molar-refractivity contribution is 4.98. The zero-order chi connectivity index (χ0) is 7.28. The summed E-state index contributed by atoms with van der Waals surface area (Å²) in [5, 5.41) is 0. The molecule has 2 heteroatoms. The Hall–Kier alpha value is -0.370. The van der Waals surface area contributed by atoms with Gasteiger partial charge in [0, 0.05) is 6.54 Å². The summed E-state index contributed by atoms with van der Waals surface area (Å²) in [6.45, 7) is 2.68. The molecule has 0 amide bonds. The van der Waals surface area contributed by atoms with Gasteiger partial charge in [-0.1, -0.05) is 6.92 Å². The van der Waals surface area contributed by atoms with E-state index >= 15 is 0 Å². The minimum absolute atomic E-state index is 0.694. The van der Waals surface area contributed by atoms with Crippen LogP contribution in [0.5, 0.6) is 0 Å². The molecular formula is C7H14FN. The third kappa shape index (κ3) is 4.15. The molecule has 0 saturated carbocycles. The van der Waals surface area contributed by atoms with Crippen molar-refractivity contribution < 1.29 is 4.39 Å². The molecule has 0 rings (SSSR count). The number of nitrogens with zero attached hydrogens (tertiary/aromatic N) is 1. The highest BCUT2D eigenvalue weighted by Crippen LogP contribution is 2.00. The van der Waals surface area contributed by atoms with Crippen LogP contribution < -0.4 is 0 Å². The molecule has 1 nitrogen and oxygen atoms in total. The normalized spacial score (nSPS) is 12.8. The molecular weight excluding hydrogens is 117 g/mol. The number of rotatable bonds is 3. The van der Waals surface area contributed by atoms with Gasteiger partial charge in [-0.3, -0.25) is 0 Å². The van der Waals surface area contributed by atoms with E-state index in [4.69, 9.17) is 0 Å². The smallest absolute Gasteiger partial charge is 0.0871 e. The molecule has 0 aliphatic heterocycles. The largest absolute Gasteiger partial charge is 0.305 e. The second-order valence-corrected chi connectivity index (χ2v) is 2.36. The first kappa shape index (κ1) is 8.63. The SMILES string of the molecule is CC/C(=C/F)CN(C)C. The van der Waals surface area contributed by atoms with E-state index in [0.29, 0.717) is 6.33 Å². The van der Waals surface area contributed by atoms with Crippen LogP contribution in [0.2, 0.25) is 0 Å². The van der Waals surface area contributed by atoms with Crippen molar-refractivity contribution in [1.82, 2.24) is 4.90 Å². The molecule has 0 unspecified atom stereocenters. The van der Waals surface area contributed by atoms with Crippen LogP contribution in [0, 0.1) is 0 Å². The van der Waals surface area contributed by atoms with Crippen molar-refractivity contribution in [2.24, 2.45) is 0 Å². The van der Waals surface area contributed by atoms with Crippen LogP contribution in [0.4, 0.5) is 4.39 Å². The molecule has 0 aromatic carbocycles. The van der Waals surface area contributed by atoms with E-state index in [-0.39, 0.29) is 0 Å². The predicted molar refractivity (Wildman–Crippen MR) is 38.0 cm³/mol. The number of halogens is 1. The lowest BCUT2D eigenvalue weighted by atomic mass is 10.2. The lowest BCUT2D eigenvalue weighted by Crippen LogP contribution is -2.14. The van der Waals surface area contributed by atoms with Gasteiger partial charge < -0.3 is 4.90 Å². The zero-order valence-electron chi connectivity index (χ0n) is 6.32. The standard InChI is InChI=1S/C7H14FN/c1-4-7(5-8)6-9(2)3/h5H,4,6H2,1-3H3/b7-5-. The lowest BCUT2D eigenvalue weighted by Gasteiger charge is -2.09. The fourth-order valence-electron chi connectivity index (χ4n) is 0.630.